The number of benzene rings is 2. The summed E-state index contributed by atoms with van der Waals surface area (Å²) in [4.78, 5) is 12.5. The quantitative estimate of drug-likeness (QED) is 0.531. The van der Waals surface area contributed by atoms with Crippen LogP contribution in [-0.2, 0) is 16.2 Å². The topological polar surface area (TPSA) is 57.7 Å². The zero-order valence-electron chi connectivity index (χ0n) is 15.1. The Hall–Kier alpha value is -2.60. The second-order valence-electron chi connectivity index (χ2n) is 6.41. The van der Waals surface area contributed by atoms with Gasteiger partial charge in [-0.05, 0) is 24.3 Å². The SMILES string of the molecule is O=C(c1ccccc1C(F)(F)F)N1CCN(S(=O)(=O)c2ccc(F)c(F)c2F)CC1. The largest absolute Gasteiger partial charge is 0.417 e. The van der Waals surface area contributed by atoms with Crippen molar-refractivity contribution >= 4 is 15.9 Å². The summed E-state index contributed by atoms with van der Waals surface area (Å²) < 4.78 is 106. The van der Waals surface area contributed by atoms with Crippen molar-refractivity contribution in [2.24, 2.45) is 0 Å². The molecule has 2 aromatic carbocycles. The first-order chi connectivity index (χ1) is 13.9. The van der Waals surface area contributed by atoms with Crippen molar-refractivity contribution in [2.75, 3.05) is 26.2 Å². The van der Waals surface area contributed by atoms with Crippen LogP contribution in [0.5, 0.6) is 0 Å². The van der Waals surface area contributed by atoms with Gasteiger partial charge in [-0.2, -0.15) is 17.5 Å². The van der Waals surface area contributed by atoms with Gasteiger partial charge in [0.15, 0.2) is 17.5 Å². The minimum atomic E-state index is -4.75. The molecule has 12 heteroatoms. The number of alkyl halides is 3. The van der Waals surface area contributed by atoms with Gasteiger partial charge in [-0.3, -0.25) is 4.79 Å². The molecular weight excluding hydrogens is 438 g/mol. The van der Waals surface area contributed by atoms with Crippen LogP contribution in [-0.4, -0.2) is 49.7 Å². The van der Waals surface area contributed by atoms with Gasteiger partial charge in [-0.15, -0.1) is 0 Å². The van der Waals surface area contributed by atoms with Gasteiger partial charge in [0.05, 0.1) is 11.1 Å². The van der Waals surface area contributed by atoms with Crippen LogP contribution in [0.3, 0.4) is 0 Å². The maximum absolute atomic E-state index is 13.9. The zero-order chi connectivity index (χ0) is 22.3. The van der Waals surface area contributed by atoms with Crippen LogP contribution in [0.25, 0.3) is 0 Å². The summed E-state index contributed by atoms with van der Waals surface area (Å²) in [6.07, 6.45) is -4.75. The molecule has 0 radical (unpaired) electrons. The molecule has 0 aromatic heterocycles. The Morgan fingerprint density at radius 2 is 1.47 bits per heavy atom. The van der Waals surface area contributed by atoms with Gasteiger partial charge < -0.3 is 4.90 Å². The molecule has 5 nitrogen and oxygen atoms in total. The Morgan fingerprint density at radius 1 is 0.867 bits per heavy atom. The third-order valence-corrected chi connectivity index (χ3v) is 6.52. The van der Waals surface area contributed by atoms with Crippen LogP contribution in [0.15, 0.2) is 41.3 Å². The summed E-state index contributed by atoms with van der Waals surface area (Å²) in [6.45, 7) is -1.26. The molecule has 162 valence electrons. The van der Waals surface area contributed by atoms with Crippen LogP contribution >= 0.6 is 0 Å². The number of carbonyl (C=O) groups is 1. The Morgan fingerprint density at radius 3 is 2.07 bits per heavy atom. The lowest BCUT2D eigenvalue weighted by Gasteiger charge is -2.34. The van der Waals surface area contributed by atoms with Crippen LogP contribution in [0, 0.1) is 17.5 Å². The first-order valence-electron chi connectivity index (χ1n) is 8.53. The van der Waals surface area contributed by atoms with Crippen molar-refractivity contribution in [3.63, 3.8) is 0 Å². The maximum Gasteiger partial charge on any atom is 0.417 e. The molecule has 1 saturated heterocycles. The molecule has 1 aliphatic rings. The lowest BCUT2D eigenvalue weighted by atomic mass is 10.1. The predicted molar refractivity (Wildman–Crippen MR) is 92.4 cm³/mol. The molecule has 30 heavy (non-hydrogen) atoms. The molecule has 3 rings (SSSR count). The van der Waals surface area contributed by atoms with Crippen molar-refractivity contribution < 1.29 is 39.6 Å². The fraction of sp³-hybridized carbons (Fsp3) is 0.278. The highest BCUT2D eigenvalue weighted by Crippen LogP contribution is 2.32. The standard InChI is InChI=1S/C18H14F6N2O3S/c19-13-5-6-14(16(21)15(13)20)30(28,29)26-9-7-25(8-10-26)17(27)11-3-1-2-4-12(11)18(22,23)24/h1-6H,7-10H2. The summed E-state index contributed by atoms with van der Waals surface area (Å²) >= 11 is 0. The lowest BCUT2D eigenvalue weighted by molar-refractivity contribution is -0.138. The number of carbonyl (C=O) groups excluding carboxylic acids is 1. The van der Waals surface area contributed by atoms with Gasteiger partial charge in [-0.1, -0.05) is 12.1 Å². The summed E-state index contributed by atoms with van der Waals surface area (Å²) in [5.74, 6) is -6.29. The molecule has 0 spiro atoms. The highest BCUT2D eigenvalue weighted by molar-refractivity contribution is 7.89. The zero-order valence-corrected chi connectivity index (χ0v) is 15.9. The van der Waals surface area contributed by atoms with Crippen molar-refractivity contribution in [3.8, 4) is 0 Å². The van der Waals surface area contributed by atoms with E-state index < -0.39 is 55.6 Å². The molecule has 0 unspecified atom stereocenters. The molecule has 0 bridgehead atoms. The van der Waals surface area contributed by atoms with Crippen molar-refractivity contribution in [1.82, 2.24) is 9.21 Å². The second-order valence-corrected chi connectivity index (χ2v) is 8.32. The molecule has 0 aliphatic carbocycles. The van der Waals surface area contributed by atoms with Crippen LogP contribution in [0.4, 0.5) is 26.3 Å². The van der Waals surface area contributed by atoms with Gasteiger partial charge in [0, 0.05) is 26.2 Å². The first-order valence-corrected chi connectivity index (χ1v) is 9.97. The van der Waals surface area contributed by atoms with E-state index in [2.05, 4.69) is 0 Å². The van der Waals surface area contributed by atoms with E-state index in [-0.39, 0.29) is 26.2 Å². The average molecular weight is 452 g/mol. The minimum Gasteiger partial charge on any atom is -0.336 e. The van der Waals surface area contributed by atoms with E-state index >= 15 is 0 Å². The van der Waals surface area contributed by atoms with Gasteiger partial charge in [0.2, 0.25) is 10.0 Å². The maximum atomic E-state index is 13.9. The Bertz CT molecular complexity index is 1080. The fourth-order valence-electron chi connectivity index (χ4n) is 3.07. The molecule has 1 heterocycles. The van der Waals surface area contributed by atoms with E-state index in [1.807, 2.05) is 0 Å². The predicted octanol–water partition coefficient (Wildman–Crippen LogP) is 3.27. The molecule has 0 saturated carbocycles. The van der Waals surface area contributed by atoms with Crippen molar-refractivity contribution in [1.29, 1.82) is 0 Å². The van der Waals surface area contributed by atoms with E-state index in [9.17, 15) is 39.6 Å². The molecule has 1 fully saturated rings. The van der Waals surface area contributed by atoms with Crippen molar-refractivity contribution in [3.05, 3.63) is 65.0 Å². The monoisotopic (exact) mass is 452 g/mol. The highest BCUT2D eigenvalue weighted by atomic mass is 32.2. The second kappa shape index (κ2) is 7.91. The van der Waals surface area contributed by atoms with Crippen LogP contribution < -0.4 is 0 Å². The summed E-state index contributed by atoms with van der Waals surface area (Å²) in [5, 5.41) is 0. The normalized spacial score (nSPS) is 16.0. The van der Waals surface area contributed by atoms with E-state index in [4.69, 9.17) is 0 Å². The number of nitrogens with zero attached hydrogens (tertiary/aromatic N) is 2. The first kappa shape index (κ1) is 22.1. The Balaban J connectivity index is 1.79. The summed E-state index contributed by atoms with van der Waals surface area (Å²) in [5.41, 5.74) is -1.69. The third-order valence-electron chi connectivity index (χ3n) is 4.61. The Kier molecular flexibility index (Phi) is 5.83. The van der Waals surface area contributed by atoms with Crippen LogP contribution in [0.1, 0.15) is 15.9 Å². The third kappa shape index (κ3) is 4.01. The van der Waals surface area contributed by atoms with E-state index in [1.165, 1.54) is 6.07 Å². The highest BCUT2D eigenvalue weighted by Gasteiger charge is 2.38. The molecular formula is C18H14F6N2O3S. The smallest absolute Gasteiger partial charge is 0.336 e. The number of halogens is 6. The molecule has 0 atom stereocenters. The fourth-order valence-corrected chi connectivity index (χ4v) is 4.54. The average Bonchev–Trinajstić information content (AvgIpc) is 2.71. The van der Waals surface area contributed by atoms with Crippen molar-refractivity contribution in [2.45, 2.75) is 11.1 Å². The minimum absolute atomic E-state index is 0.268. The van der Waals surface area contributed by atoms with Gasteiger partial charge in [0.25, 0.3) is 5.91 Å². The lowest BCUT2D eigenvalue weighted by Crippen LogP contribution is -2.50. The number of rotatable bonds is 3. The Labute approximate surface area is 167 Å². The van der Waals surface area contributed by atoms with E-state index in [1.54, 1.807) is 0 Å². The van der Waals surface area contributed by atoms with Gasteiger partial charge in [0.1, 0.15) is 4.90 Å². The summed E-state index contributed by atoms with van der Waals surface area (Å²) in [7, 11) is -4.54. The molecule has 2 aromatic rings. The summed E-state index contributed by atoms with van der Waals surface area (Å²) in [6, 6.07) is 5.25. The molecule has 1 aliphatic heterocycles. The van der Waals surface area contributed by atoms with Crippen LogP contribution in [0.2, 0.25) is 0 Å². The number of hydrogen-bond donors (Lipinski definition) is 0. The number of amides is 1. The number of piperazine rings is 1. The molecule has 1 amide bonds. The van der Waals surface area contributed by atoms with Gasteiger partial charge in [-0.25, -0.2) is 21.6 Å². The number of sulfonamides is 1. The van der Waals surface area contributed by atoms with Gasteiger partial charge >= 0.3 is 6.18 Å². The van der Waals surface area contributed by atoms with E-state index in [0.29, 0.717) is 12.1 Å². The van der Waals surface area contributed by atoms with E-state index in [0.717, 1.165) is 27.4 Å². The molecule has 0 N–H and O–H groups in total. The number of hydrogen-bond acceptors (Lipinski definition) is 3.